The van der Waals surface area contributed by atoms with Crippen molar-refractivity contribution in [2.24, 2.45) is 0 Å². The van der Waals surface area contributed by atoms with Gasteiger partial charge in [0.25, 0.3) is 5.91 Å². The summed E-state index contributed by atoms with van der Waals surface area (Å²) in [5.74, 6) is 0.333. The second kappa shape index (κ2) is 5.48. The highest BCUT2D eigenvalue weighted by molar-refractivity contribution is 6.03. The Morgan fingerprint density at radius 1 is 1.21 bits per heavy atom. The predicted octanol–water partition coefficient (Wildman–Crippen LogP) is 2.35. The van der Waals surface area contributed by atoms with E-state index in [1.165, 1.54) is 6.33 Å². The van der Waals surface area contributed by atoms with Gasteiger partial charge in [0, 0.05) is 5.69 Å². The number of carbonyl (C=O) groups is 1. The second-order valence-corrected chi connectivity index (χ2v) is 4.20. The SMILES string of the molecule is COc1ccc(C)cc1NC(=O)c1cc(C)ncn1. The van der Waals surface area contributed by atoms with Gasteiger partial charge in [0.2, 0.25) is 0 Å². The largest absolute Gasteiger partial charge is 0.495 e. The number of anilines is 1. The molecule has 19 heavy (non-hydrogen) atoms. The Balaban J connectivity index is 2.26. The number of rotatable bonds is 3. The van der Waals surface area contributed by atoms with Crippen molar-refractivity contribution >= 4 is 11.6 Å². The van der Waals surface area contributed by atoms with Crippen LogP contribution < -0.4 is 10.1 Å². The lowest BCUT2D eigenvalue weighted by atomic mass is 10.2. The Kier molecular flexibility index (Phi) is 3.75. The van der Waals surface area contributed by atoms with Gasteiger partial charge in [-0.25, -0.2) is 9.97 Å². The molecule has 0 unspecified atom stereocenters. The summed E-state index contributed by atoms with van der Waals surface area (Å²) in [5, 5.41) is 2.79. The van der Waals surface area contributed by atoms with E-state index in [0.717, 1.165) is 11.3 Å². The molecule has 1 aromatic carbocycles. The fraction of sp³-hybridized carbons (Fsp3) is 0.214. The fourth-order valence-electron chi connectivity index (χ4n) is 1.68. The summed E-state index contributed by atoms with van der Waals surface area (Å²) in [6.45, 7) is 3.76. The van der Waals surface area contributed by atoms with E-state index in [4.69, 9.17) is 4.74 Å². The summed E-state index contributed by atoms with van der Waals surface area (Å²) in [5.41, 5.74) is 2.74. The van der Waals surface area contributed by atoms with Gasteiger partial charge in [-0.1, -0.05) is 6.07 Å². The Hall–Kier alpha value is -2.43. The van der Waals surface area contributed by atoms with Crippen molar-refractivity contribution in [2.45, 2.75) is 13.8 Å². The lowest BCUT2D eigenvalue weighted by Gasteiger charge is -2.10. The number of aryl methyl sites for hydroxylation is 2. The molecule has 5 heteroatoms. The number of nitrogens with one attached hydrogen (secondary N) is 1. The standard InChI is InChI=1S/C14H15N3O2/c1-9-4-5-13(19-3)11(6-9)17-14(18)12-7-10(2)15-8-16-12/h4-8H,1-3H3,(H,17,18). The summed E-state index contributed by atoms with van der Waals surface area (Å²) >= 11 is 0. The molecule has 0 atom stereocenters. The maximum absolute atomic E-state index is 12.1. The second-order valence-electron chi connectivity index (χ2n) is 4.20. The molecule has 0 fully saturated rings. The van der Waals surface area contributed by atoms with Gasteiger partial charge in [-0.2, -0.15) is 0 Å². The Labute approximate surface area is 111 Å². The van der Waals surface area contributed by atoms with Gasteiger partial charge >= 0.3 is 0 Å². The molecule has 0 aliphatic carbocycles. The average Bonchev–Trinajstić information content (AvgIpc) is 2.39. The molecule has 98 valence electrons. The van der Waals surface area contributed by atoms with Crippen molar-refractivity contribution < 1.29 is 9.53 Å². The first-order valence-electron chi connectivity index (χ1n) is 5.85. The number of amides is 1. The normalized spacial score (nSPS) is 10.1. The van der Waals surface area contributed by atoms with Crippen molar-refractivity contribution in [3.8, 4) is 5.75 Å². The zero-order chi connectivity index (χ0) is 13.8. The number of carbonyl (C=O) groups excluding carboxylic acids is 1. The lowest BCUT2D eigenvalue weighted by molar-refractivity contribution is 0.102. The number of hydrogen-bond donors (Lipinski definition) is 1. The third-order valence-corrected chi connectivity index (χ3v) is 2.64. The minimum absolute atomic E-state index is 0.283. The van der Waals surface area contributed by atoms with Crippen LogP contribution in [0.3, 0.4) is 0 Å². The topological polar surface area (TPSA) is 64.1 Å². The van der Waals surface area contributed by atoms with Crippen molar-refractivity contribution in [3.63, 3.8) is 0 Å². The van der Waals surface area contributed by atoms with Crippen LogP contribution in [0.5, 0.6) is 5.75 Å². The quantitative estimate of drug-likeness (QED) is 0.916. The van der Waals surface area contributed by atoms with E-state index in [1.807, 2.05) is 32.0 Å². The number of hydrogen-bond acceptors (Lipinski definition) is 4. The van der Waals surface area contributed by atoms with Gasteiger partial charge in [-0.15, -0.1) is 0 Å². The summed E-state index contributed by atoms with van der Waals surface area (Å²) in [7, 11) is 1.56. The monoisotopic (exact) mass is 257 g/mol. The number of benzene rings is 1. The molecular formula is C14H15N3O2. The van der Waals surface area contributed by atoms with Crippen molar-refractivity contribution in [3.05, 3.63) is 47.5 Å². The highest BCUT2D eigenvalue weighted by Gasteiger charge is 2.11. The van der Waals surface area contributed by atoms with Crippen LogP contribution in [-0.2, 0) is 0 Å². The van der Waals surface area contributed by atoms with Crippen LogP contribution in [0.25, 0.3) is 0 Å². The average molecular weight is 257 g/mol. The highest BCUT2D eigenvalue weighted by atomic mass is 16.5. The zero-order valence-corrected chi connectivity index (χ0v) is 11.1. The molecule has 5 nitrogen and oxygen atoms in total. The Morgan fingerprint density at radius 2 is 2.00 bits per heavy atom. The first-order chi connectivity index (χ1) is 9.10. The molecule has 0 saturated heterocycles. The Bertz CT molecular complexity index is 611. The molecule has 1 aromatic heterocycles. The smallest absolute Gasteiger partial charge is 0.274 e. The van der Waals surface area contributed by atoms with Crippen molar-refractivity contribution in [1.29, 1.82) is 0 Å². The molecule has 2 rings (SSSR count). The highest BCUT2D eigenvalue weighted by Crippen LogP contribution is 2.25. The van der Waals surface area contributed by atoms with Crippen LogP contribution in [0.1, 0.15) is 21.7 Å². The van der Waals surface area contributed by atoms with E-state index in [0.29, 0.717) is 17.1 Å². The van der Waals surface area contributed by atoms with E-state index in [-0.39, 0.29) is 5.91 Å². The molecule has 0 saturated carbocycles. The van der Waals surface area contributed by atoms with Crippen LogP contribution >= 0.6 is 0 Å². The van der Waals surface area contributed by atoms with E-state index in [2.05, 4.69) is 15.3 Å². The van der Waals surface area contributed by atoms with Gasteiger partial charge in [-0.05, 0) is 37.6 Å². The molecular weight excluding hydrogens is 242 g/mol. The van der Waals surface area contributed by atoms with E-state index in [1.54, 1.807) is 13.2 Å². The van der Waals surface area contributed by atoms with Gasteiger partial charge in [0.15, 0.2) is 0 Å². The summed E-state index contributed by atoms with van der Waals surface area (Å²) in [6, 6.07) is 7.22. The summed E-state index contributed by atoms with van der Waals surface area (Å²) in [6.07, 6.45) is 1.37. The first-order valence-corrected chi connectivity index (χ1v) is 5.85. The molecule has 0 aliphatic rings. The van der Waals surface area contributed by atoms with Gasteiger partial charge in [0.1, 0.15) is 17.8 Å². The van der Waals surface area contributed by atoms with E-state index < -0.39 is 0 Å². The molecule has 2 aromatic rings. The van der Waals surface area contributed by atoms with Crippen LogP contribution in [0, 0.1) is 13.8 Å². The number of nitrogens with zero attached hydrogens (tertiary/aromatic N) is 2. The number of ether oxygens (including phenoxy) is 1. The molecule has 0 bridgehead atoms. The van der Waals surface area contributed by atoms with Crippen molar-refractivity contribution in [1.82, 2.24) is 9.97 Å². The lowest BCUT2D eigenvalue weighted by Crippen LogP contribution is -2.14. The molecule has 1 N–H and O–H groups in total. The van der Waals surface area contributed by atoms with Gasteiger partial charge in [0.05, 0.1) is 12.8 Å². The maximum atomic E-state index is 12.1. The minimum atomic E-state index is -0.283. The van der Waals surface area contributed by atoms with Crippen LogP contribution in [0.15, 0.2) is 30.6 Å². The van der Waals surface area contributed by atoms with Crippen molar-refractivity contribution in [2.75, 3.05) is 12.4 Å². The summed E-state index contributed by atoms with van der Waals surface area (Å²) in [4.78, 5) is 20.0. The molecule has 0 spiro atoms. The number of methoxy groups -OCH3 is 1. The third kappa shape index (κ3) is 3.07. The fourth-order valence-corrected chi connectivity index (χ4v) is 1.68. The molecule has 0 aliphatic heterocycles. The van der Waals surface area contributed by atoms with Gasteiger partial charge in [-0.3, -0.25) is 4.79 Å². The van der Waals surface area contributed by atoms with Gasteiger partial charge < -0.3 is 10.1 Å². The Morgan fingerprint density at radius 3 is 2.68 bits per heavy atom. The maximum Gasteiger partial charge on any atom is 0.274 e. The molecule has 0 radical (unpaired) electrons. The molecule has 1 amide bonds. The van der Waals surface area contributed by atoms with Crippen LogP contribution in [0.4, 0.5) is 5.69 Å². The van der Waals surface area contributed by atoms with E-state index >= 15 is 0 Å². The zero-order valence-electron chi connectivity index (χ0n) is 11.1. The van der Waals surface area contributed by atoms with Crippen LogP contribution in [0.2, 0.25) is 0 Å². The third-order valence-electron chi connectivity index (χ3n) is 2.64. The first kappa shape index (κ1) is 13.0. The van der Waals surface area contributed by atoms with Crippen LogP contribution in [-0.4, -0.2) is 23.0 Å². The summed E-state index contributed by atoms with van der Waals surface area (Å²) < 4.78 is 5.21. The predicted molar refractivity (Wildman–Crippen MR) is 72.5 cm³/mol. The van der Waals surface area contributed by atoms with E-state index in [9.17, 15) is 4.79 Å². The molecule has 1 heterocycles. The number of aromatic nitrogens is 2. The minimum Gasteiger partial charge on any atom is -0.495 e.